The Kier molecular flexibility index (Phi) is 2.12. The minimum absolute atomic E-state index is 0.500. The smallest absolute Gasteiger partial charge is 0.0899 e. The highest BCUT2D eigenvalue weighted by atomic mass is 32.2. The van der Waals surface area contributed by atoms with Gasteiger partial charge in [-0.15, -0.1) is 0 Å². The molecule has 64 valence electrons. The molecule has 0 N–H and O–H groups in total. The van der Waals surface area contributed by atoms with Gasteiger partial charge in [-0.25, -0.2) is 0 Å². The van der Waals surface area contributed by atoms with Crippen LogP contribution in [0.25, 0.3) is 0 Å². The fraction of sp³-hybridized carbons (Fsp3) is 1.00. The number of hydroxylamine groups is 2. The second-order valence-corrected chi connectivity index (χ2v) is 4.67. The van der Waals surface area contributed by atoms with E-state index >= 15 is 0 Å². The number of hydrogen-bond acceptors (Lipinski definition) is 3. The predicted molar refractivity (Wildman–Crippen MR) is 47.5 cm³/mol. The SMILES string of the molecule is C[C@H]1CSC[C@H]2C[C@@H]1N(C)O2. The Morgan fingerprint density at radius 2 is 2.27 bits per heavy atom. The van der Waals surface area contributed by atoms with Crippen molar-refractivity contribution in [3.05, 3.63) is 0 Å². The van der Waals surface area contributed by atoms with Crippen molar-refractivity contribution in [2.24, 2.45) is 5.92 Å². The van der Waals surface area contributed by atoms with Crippen molar-refractivity contribution in [2.45, 2.75) is 25.5 Å². The zero-order chi connectivity index (χ0) is 7.84. The van der Waals surface area contributed by atoms with Crippen LogP contribution in [-0.4, -0.2) is 35.8 Å². The molecule has 3 atom stereocenters. The van der Waals surface area contributed by atoms with Crippen molar-refractivity contribution in [1.29, 1.82) is 0 Å². The van der Waals surface area contributed by atoms with E-state index < -0.39 is 0 Å². The molecule has 2 saturated heterocycles. The van der Waals surface area contributed by atoms with E-state index in [0.29, 0.717) is 12.1 Å². The average Bonchev–Trinajstić information content (AvgIpc) is 2.20. The highest BCUT2D eigenvalue weighted by Gasteiger charge is 2.36. The van der Waals surface area contributed by atoms with Crippen molar-refractivity contribution in [3.8, 4) is 0 Å². The summed E-state index contributed by atoms with van der Waals surface area (Å²) < 4.78 is 0. The molecule has 0 saturated carbocycles. The maximum Gasteiger partial charge on any atom is 0.0899 e. The second-order valence-electron chi connectivity index (χ2n) is 3.59. The molecule has 0 aromatic heterocycles. The normalized spacial score (nSPS) is 45.8. The van der Waals surface area contributed by atoms with Crippen LogP contribution in [0.5, 0.6) is 0 Å². The molecule has 2 aliphatic heterocycles. The van der Waals surface area contributed by atoms with Crippen molar-refractivity contribution in [3.63, 3.8) is 0 Å². The third-order valence-corrected chi connectivity index (χ3v) is 4.00. The monoisotopic (exact) mass is 173 g/mol. The number of nitrogens with zero attached hydrogens (tertiary/aromatic N) is 1. The van der Waals surface area contributed by atoms with Gasteiger partial charge in [0.15, 0.2) is 0 Å². The van der Waals surface area contributed by atoms with Gasteiger partial charge in [-0.2, -0.15) is 16.8 Å². The lowest BCUT2D eigenvalue weighted by Gasteiger charge is -2.24. The van der Waals surface area contributed by atoms with Gasteiger partial charge in [0, 0.05) is 18.8 Å². The van der Waals surface area contributed by atoms with E-state index in [4.69, 9.17) is 4.84 Å². The molecule has 0 spiro atoms. The topological polar surface area (TPSA) is 12.5 Å². The first-order valence-corrected chi connectivity index (χ1v) is 5.40. The number of thioether (sulfide) groups is 1. The average molecular weight is 173 g/mol. The van der Waals surface area contributed by atoms with Crippen LogP contribution < -0.4 is 0 Å². The highest BCUT2D eigenvalue weighted by Crippen LogP contribution is 2.32. The van der Waals surface area contributed by atoms with E-state index in [1.54, 1.807) is 0 Å². The molecule has 2 fully saturated rings. The zero-order valence-electron chi connectivity index (χ0n) is 7.12. The maximum atomic E-state index is 5.65. The summed E-state index contributed by atoms with van der Waals surface area (Å²) in [5, 5.41) is 2.06. The van der Waals surface area contributed by atoms with Crippen LogP contribution in [0.1, 0.15) is 13.3 Å². The lowest BCUT2D eigenvalue weighted by molar-refractivity contribution is -0.143. The molecule has 11 heavy (non-hydrogen) atoms. The summed E-state index contributed by atoms with van der Waals surface area (Å²) in [6, 6.07) is 0.676. The molecule has 0 amide bonds. The zero-order valence-corrected chi connectivity index (χ0v) is 7.93. The van der Waals surface area contributed by atoms with Gasteiger partial charge in [-0.1, -0.05) is 6.92 Å². The van der Waals surface area contributed by atoms with Crippen LogP contribution in [0.15, 0.2) is 0 Å². The Morgan fingerprint density at radius 1 is 1.45 bits per heavy atom. The molecule has 2 bridgehead atoms. The molecule has 0 aromatic carbocycles. The molecule has 2 aliphatic rings. The van der Waals surface area contributed by atoms with Gasteiger partial charge in [0.25, 0.3) is 0 Å². The number of fused-ring (bicyclic) bond motifs is 2. The van der Waals surface area contributed by atoms with E-state index in [1.807, 2.05) is 11.8 Å². The molecule has 2 rings (SSSR count). The van der Waals surface area contributed by atoms with E-state index in [9.17, 15) is 0 Å². The van der Waals surface area contributed by atoms with Crippen LogP contribution in [0, 0.1) is 5.92 Å². The quantitative estimate of drug-likeness (QED) is 0.549. The predicted octanol–water partition coefficient (Wildman–Crippen LogP) is 1.37. The van der Waals surface area contributed by atoms with Crippen molar-refractivity contribution < 1.29 is 4.84 Å². The van der Waals surface area contributed by atoms with E-state index in [0.717, 1.165) is 5.92 Å². The molecule has 0 unspecified atom stereocenters. The molecule has 2 nitrogen and oxygen atoms in total. The molecule has 0 aliphatic carbocycles. The van der Waals surface area contributed by atoms with Gasteiger partial charge >= 0.3 is 0 Å². The lowest BCUT2D eigenvalue weighted by Crippen LogP contribution is -2.31. The third kappa shape index (κ3) is 1.42. The first-order valence-electron chi connectivity index (χ1n) is 4.24. The van der Waals surface area contributed by atoms with Crippen LogP contribution in [-0.2, 0) is 4.84 Å². The highest BCUT2D eigenvalue weighted by molar-refractivity contribution is 7.99. The molecule has 0 aromatic rings. The number of hydrogen-bond donors (Lipinski definition) is 0. The Morgan fingerprint density at radius 3 is 3.09 bits per heavy atom. The fourth-order valence-corrected chi connectivity index (χ4v) is 3.15. The molecule has 2 heterocycles. The second kappa shape index (κ2) is 2.96. The summed E-state index contributed by atoms with van der Waals surface area (Å²) in [5.41, 5.74) is 0. The Bertz CT molecular complexity index is 153. The molecular weight excluding hydrogens is 158 g/mol. The summed E-state index contributed by atoms with van der Waals surface area (Å²) in [4.78, 5) is 5.65. The van der Waals surface area contributed by atoms with Gasteiger partial charge in [-0.3, -0.25) is 4.84 Å². The minimum Gasteiger partial charge on any atom is -0.295 e. The van der Waals surface area contributed by atoms with Gasteiger partial charge < -0.3 is 0 Å². The van der Waals surface area contributed by atoms with Crippen LogP contribution in [0.4, 0.5) is 0 Å². The first-order chi connectivity index (χ1) is 5.27. The van der Waals surface area contributed by atoms with Crippen LogP contribution in [0.2, 0.25) is 0 Å². The van der Waals surface area contributed by atoms with Crippen LogP contribution >= 0.6 is 11.8 Å². The summed E-state index contributed by atoms with van der Waals surface area (Å²) in [6.07, 6.45) is 1.74. The summed E-state index contributed by atoms with van der Waals surface area (Å²) in [5.74, 6) is 3.28. The Balaban J connectivity index is 2.09. The Labute approximate surface area is 72.2 Å². The largest absolute Gasteiger partial charge is 0.295 e. The van der Waals surface area contributed by atoms with Gasteiger partial charge in [0.2, 0.25) is 0 Å². The van der Waals surface area contributed by atoms with Crippen molar-refractivity contribution in [1.82, 2.24) is 5.06 Å². The van der Waals surface area contributed by atoms with E-state index in [-0.39, 0.29) is 0 Å². The number of rotatable bonds is 0. The van der Waals surface area contributed by atoms with E-state index in [2.05, 4.69) is 19.0 Å². The summed E-state index contributed by atoms with van der Waals surface area (Å²) >= 11 is 2.04. The third-order valence-electron chi connectivity index (χ3n) is 2.63. The molecule has 0 radical (unpaired) electrons. The van der Waals surface area contributed by atoms with Crippen molar-refractivity contribution >= 4 is 11.8 Å². The molecule has 3 heteroatoms. The first kappa shape index (κ1) is 7.90. The standard InChI is InChI=1S/C8H15NOS/c1-6-4-11-5-7-3-8(6)9(2)10-7/h6-8H,3-5H2,1-2H3/t6-,7+,8-/m0/s1. The fourth-order valence-electron chi connectivity index (χ4n) is 1.96. The van der Waals surface area contributed by atoms with Gasteiger partial charge in [-0.05, 0) is 18.1 Å². The molecular formula is C8H15NOS. The summed E-state index contributed by atoms with van der Waals surface area (Å²) in [7, 11) is 2.07. The van der Waals surface area contributed by atoms with Gasteiger partial charge in [0.1, 0.15) is 0 Å². The van der Waals surface area contributed by atoms with E-state index in [1.165, 1.54) is 17.9 Å². The van der Waals surface area contributed by atoms with Crippen LogP contribution in [0.3, 0.4) is 0 Å². The lowest BCUT2D eigenvalue weighted by atomic mass is 10.00. The Hall–Kier alpha value is 0.270. The maximum absolute atomic E-state index is 5.65. The van der Waals surface area contributed by atoms with Crippen molar-refractivity contribution in [2.75, 3.05) is 18.6 Å². The summed E-state index contributed by atoms with van der Waals surface area (Å²) in [6.45, 7) is 2.32. The van der Waals surface area contributed by atoms with Gasteiger partial charge in [0.05, 0.1) is 6.10 Å². The minimum atomic E-state index is 0.500.